The number of rotatable bonds is 1. The third kappa shape index (κ3) is 1.35. The summed E-state index contributed by atoms with van der Waals surface area (Å²) in [5.41, 5.74) is -0.359. The Labute approximate surface area is 85.2 Å². The Bertz CT molecular complexity index is 264. The second-order valence-electron chi connectivity index (χ2n) is 4.64. The summed E-state index contributed by atoms with van der Waals surface area (Å²) in [4.78, 5) is 18.4. The standard InChI is InChI=1S/C11H18N2O/c1-9(2)13-8-12-11(10(13)14)6-4-3-5-7-11/h8-9H,3-7H2,1-2H3. The van der Waals surface area contributed by atoms with Crippen molar-refractivity contribution in [3.05, 3.63) is 0 Å². The Kier molecular flexibility index (Phi) is 2.33. The maximum Gasteiger partial charge on any atom is 0.255 e. The topological polar surface area (TPSA) is 32.7 Å². The number of hydrogen-bond acceptors (Lipinski definition) is 2. The zero-order chi connectivity index (χ0) is 10.2. The van der Waals surface area contributed by atoms with E-state index in [9.17, 15) is 4.79 Å². The molecular weight excluding hydrogens is 176 g/mol. The smallest absolute Gasteiger partial charge is 0.255 e. The SMILES string of the molecule is CC(C)N1C=NC2(CCCCC2)C1=O. The molecule has 0 atom stereocenters. The molecule has 3 nitrogen and oxygen atoms in total. The number of carbonyl (C=O) groups excluding carboxylic acids is 1. The predicted octanol–water partition coefficient (Wildman–Crippen LogP) is 1.97. The van der Waals surface area contributed by atoms with Crippen LogP contribution in [0.25, 0.3) is 0 Å². The fraction of sp³-hybridized carbons (Fsp3) is 0.818. The van der Waals surface area contributed by atoms with E-state index in [-0.39, 0.29) is 17.5 Å². The molecule has 1 spiro atoms. The van der Waals surface area contributed by atoms with E-state index < -0.39 is 0 Å². The molecule has 0 saturated heterocycles. The molecule has 14 heavy (non-hydrogen) atoms. The molecule has 2 aliphatic rings. The molecule has 0 aromatic rings. The molecule has 1 aliphatic heterocycles. The third-order valence-corrected chi connectivity index (χ3v) is 3.30. The van der Waals surface area contributed by atoms with Gasteiger partial charge in [-0.1, -0.05) is 19.3 Å². The van der Waals surface area contributed by atoms with Crippen LogP contribution in [0, 0.1) is 0 Å². The molecule has 78 valence electrons. The van der Waals surface area contributed by atoms with Crippen LogP contribution in [0.5, 0.6) is 0 Å². The van der Waals surface area contributed by atoms with Crippen molar-refractivity contribution in [3.8, 4) is 0 Å². The molecule has 0 aromatic heterocycles. The monoisotopic (exact) mass is 194 g/mol. The molecule has 1 amide bonds. The number of hydrogen-bond donors (Lipinski definition) is 0. The predicted molar refractivity (Wildman–Crippen MR) is 56.3 cm³/mol. The molecule has 1 aliphatic carbocycles. The fourth-order valence-electron chi connectivity index (χ4n) is 2.37. The van der Waals surface area contributed by atoms with Gasteiger partial charge in [0.25, 0.3) is 5.91 Å². The second kappa shape index (κ2) is 3.37. The Morgan fingerprint density at radius 1 is 1.36 bits per heavy atom. The molecule has 2 rings (SSSR count). The van der Waals surface area contributed by atoms with Crippen LogP contribution in [-0.2, 0) is 4.79 Å². The number of aliphatic imine (C=N–C) groups is 1. The van der Waals surface area contributed by atoms with Gasteiger partial charge in [-0.2, -0.15) is 0 Å². The molecule has 0 unspecified atom stereocenters. The van der Waals surface area contributed by atoms with Gasteiger partial charge in [0.15, 0.2) is 0 Å². The Morgan fingerprint density at radius 2 is 2.00 bits per heavy atom. The van der Waals surface area contributed by atoms with Gasteiger partial charge in [0.1, 0.15) is 5.54 Å². The molecule has 0 aromatic carbocycles. The van der Waals surface area contributed by atoms with Gasteiger partial charge < -0.3 is 0 Å². The van der Waals surface area contributed by atoms with E-state index in [4.69, 9.17) is 0 Å². The van der Waals surface area contributed by atoms with E-state index in [1.165, 1.54) is 6.42 Å². The zero-order valence-electron chi connectivity index (χ0n) is 8.99. The summed E-state index contributed by atoms with van der Waals surface area (Å²) in [5.74, 6) is 0.229. The van der Waals surface area contributed by atoms with Gasteiger partial charge in [-0.05, 0) is 26.7 Å². The van der Waals surface area contributed by atoms with Gasteiger partial charge in [-0.3, -0.25) is 14.7 Å². The Morgan fingerprint density at radius 3 is 2.50 bits per heavy atom. The lowest BCUT2D eigenvalue weighted by Crippen LogP contribution is -2.45. The molecule has 1 heterocycles. The van der Waals surface area contributed by atoms with Gasteiger partial charge in [0, 0.05) is 6.04 Å². The number of amides is 1. The molecule has 0 N–H and O–H groups in total. The van der Waals surface area contributed by atoms with Crippen molar-refractivity contribution in [1.82, 2.24) is 4.90 Å². The highest BCUT2D eigenvalue weighted by Gasteiger charge is 2.45. The molecule has 1 fully saturated rings. The van der Waals surface area contributed by atoms with Crippen LogP contribution in [-0.4, -0.2) is 28.7 Å². The second-order valence-corrected chi connectivity index (χ2v) is 4.64. The third-order valence-electron chi connectivity index (χ3n) is 3.30. The first-order valence-electron chi connectivity index (χ1n) is 5.54. The molecule has 3 heteroatoms. The lowest BCUT2D eigenvalue weighted by Gasteiger charge is -2.30. The van der Waals surface area contributed by atoms with Crippen molar-refractivity contribution in [2.45, 2.75) is 57.5 Å². The highest BCUT2D eigenvalue weighted by molar-refractivity contribution is 6.00. The van der Waals surface area contributed by atoms with Crippen LogP contribution < -0.4 is 0 Å². The van der Waals surface area contributed by atoms with Crippen molar-refractivity contribution < 1.29 is 4.79 Å². The van der Waals surface area contributed by atoms with Crippen molar-refractivity contribution in [1.29, 1.82) is 0 Å². The lowest BCUT2D eigenvalue weighted by atomic mass is 9.82. The molecule has 0 radical (unpaired) electrons. The highest BCUT2D eigenvalue weighted by Crippen LogP contribution is 2.36. The quantitative estimate of drug-likeness (QED) is 0.628. The maximum absolute atomic E-state index is 12.1. The van der Waals surface area contributed by atoms with Crippen molar-refractivity contribution in [3.63, 3.8) is 0 Å². The van der Waals surface area contributed by atoms with E-state index in [1.807, 2.05) is 13.8 Å². The van der Waals surface area contributed by atoms with Gasteiger partial charge in [0.2, 0.25) is 0 Å². The normalized spacial score (nSPS) is 25.4. The molecular formula is C11H18N2O. The van der Waals surface area contributed by atoms with Crippen LogP contribution in [0.2, 0.25) is 0 Å². The average Bonchev–Trinajstić information content (AvgIpc) is 2.46. The Hall–Kier alpha value is -0.860. The van der Waals surface area contributed by atoms with Crippen LogP contribution in [0.1, 0.15) is 46.0 Å². The minimum Gasteiger partial charge on any atom is -0.299 e. The van der Waals surface area contributed by atoms with Gasteiger partial charge in [-0.25, -0.2) is 0 Å². The minimum atomic E-state index is -0.359. The summed E-state index contributed by atoms with van der Waals surface area (Å²) in [7, 11) is 0. The first kappa shape index (κ1) is 9.69. The van der Waals surface area contributed by atoms with Gasteiger partial charge in [0.05, 0.1) is 6.34 Å². The van der Waals surface area contributed by atoms with E-state index in [0.29, 0.717) is 0 Å². The fourth-order valence-corrected chi connectivity index (χ4v) is 2.37. The lowest BCUT2D eigenvalue weighted by molar-refractivity contribution is -0.133. The van der Waals surface area contributed by atoms with Crippen molar-refractivity contribution in [2.75, 3.05) is 0 Å². The average molecular weight is 194 g/mol. The largest absolute Gasteiger partial charge is 0.299 e. The number of nitrogens with zero attached hydrogens (tertiary/aromatic N) is 2. The van der Waals surface area contributed by atoms with Crippen molar-refractivity contribution >= 4 is 12.2 Å². The van der Waals surface area contributed by atoms with Crippen LogP contribution in [0.4, 0.5) is 0 Å². The molecule has 0 bridgehead atoms. The Balaban J connectivity index is 2.16. The van der Waals surface area contributed by atoms with Gasteiger partial charge >= 0.3 is 0 Å². The summed E-state index contributed by atoms with van der Waals surface area (Å²) in [6, 6.07) is 0.243. The molecule has 1 saturated carbocycles. The van der Waals surface area contributed by atoms with Crippen LogP contribution in [0.3, 0.4) is 0 Å². The minimum absolute atomic E-state index is 0.229. The van der Waals surface area contributed by atoms with Crippen molar-refractivity contribution in [2.24, 2.45) is 4.99 Å². The van der Waals surface area contributed by atoms with E-state index in [1.54, 1.807) is 11.2 Å². The summed E-state index contributed by atoms with van der Waals surface area (Å²) >= 11 is 0. The summed E-state index contributed by atoms with van der Waals surface area (Å²) in [6.07, 6.45) is 7.20. The summed E-state index contributed by atoms with van der Waals surface area (Å²) < 4.78 is 0. The van der Waals surface area contributed by atoms with E-state index in [2.05, 4.69) is 4.99 Å². The van der Waals surface area contributed by atoms with E-state index >= 15 is 0 Å². The first-order valence-corrected chi connectivity index (χ1v) is 5.54. The summed E-state index contributed by atoms with van der Waals surface area (Å²) in [6.45, 7) is 4.07. The highest BCUT2D eigenvalue weighted by atomic mass is 16.2. The van der Waals surface area contributed by atoms with E-state index in [0.717, 1.165) is 25.7 Å². The van der Waals surface area contributed by atoms with Crippen LogP contribution in [0.15, 0.2) is 4.99 Å². The van der Waals surface area contributed by atoms with Gasteiger partial charge in [-0.15, -0.1) is 0 Å². The number of carbonyl (C=O) groups is 1. The summed E-state index contributed by atoms with van der Waals surface area (Å²) in [5, 5.41) is 0. The van der Waals surface area contributed by atoms with Crippen LogP contribution >= 0.6 is 0 Å². The first-order chi connectivity index (χ1) is 6.66. The zero-order valence-corrected chi connectivity index (χ0v) is 8.99. The maximum atomic E-state index is 12.1.